The standard InChI is InChI=1S/C14H16O9S/c1-2-8(15)22-11-6-5-7-10(14(17)23-12(7)11)9(6)13(16)21-3-4-24(18,19)20/h2,6-7,9-12H,1,3-5H2,(H,18,19,20). The van der Waals surface area contributed by atoms with E-state index in [0.717, 1.165) is 6.08 Å². The van der Waals surface area contributed by atoms with Gasteiger partial charge in [-0.15, -0.1) is 0 Å². The Morgan fingerprint density at radius 3 is 2.71 bits per heavy atom. The molecule has 6 atom stereocenters. The second-order valence-corrected chi connectivity index (χ2v) is 7.65. The first-order valence-electron chi connectivity index (χ1n) is 7.38. The first-order chi connectivity index (χ1) is 11.2. The van der Waals surface area contributed by atoms with Crippen molar-refractivity contribution in [2.45, 2.75) is 18.6 Å². The van der Waals surface area contributed by atoms with Crippen molar-refractivity contribution in [3.63, 3.8) is 0 Å². The van der Waals surface area contributed by atoms with Crippen LogP contribution < -0.4 is 0 Å². The molecular weight excluding hydrogens is 344 g/mol. The number of carbonyl (C=O) groups excluding carboxylic acids is 3. The first kappa shape index (κ1) is 16.9. The van der Waals surface area contributed by atoms with E-state index in [1.807, 2.05) is 0 Å². The average molecular weight is 360 g/mol. The molecule has 3 rings (SSSR count). The molecule has 3 fully saturated rings. The molecule has 1 saturated heterocycles. The molecule has 1 aliphatic heterocycles. The van der Waals surface area contributed by atoms with Crippen molar-refractivity contribution in [2.75, 3.05) is 12.4 Å². The van der Waals surface area contributed by atoms with Gasteiger partial charge in [0.2, 0.25) is 0 Å². The fraction of sp³-hybridized carbons (Fsp3) is 0.643. The summed E-state index contributed by atoms with van der Waals surface area (Å²) in [5, 5.41) is 0. The fourth-order valence-electron chi connectivity index (χ4n) is 3.99. The van der Waals surface area contributed by atoms with Gasteiger partial charge in [0.15, 0.2) is 0 Å². The predicted octanol–water partition coefficient (Wildman–Crippen LogP) is -0.677. The quantitative estimate of drug-likeness (QED) is 0.283. The highest BCUT2D eigenvalue weighted by molar-refractivity contribution is 7.85. The Bertz CT molecular complexity index is 697. The third-order valence-electron chi connectivity index (χ3n) is 4.82. The number of fused-ring (bicyclic) bond motifs is 1. The zero-order chi connectivity index (χ0) is 17.6. The van der Waals surface area contributed by atoms with E-state index in [-0.39, 0.29) is 5.92 Å². The summed E-state index contributed by atoms with van der Waals surface area (Å²) in [5.41, 5.74) is 0. The molecule has 2 aliphatic carbocycles. The van der Waals surface area contributed by atoms with E-state index in [0.29, 0.717) is 6.42 Å². The Kier molecular flexibility index (Phi) is 4.12. The highest BCUT2D eigenvalue weighted by Crippen LogP contribution is 2.58. The zero-order valence-corrected chi connectivity index (χ0v) is 13.3. The summed E-state index contributed by atoms with van der Waals surface area (Å²) in [7, 11) is -4.25. The average Bonchev–Trinajstić information content (AvgIpc) is 3.08. The zero-order valence-electron chi connectivity index (χ0n) is 12.5. The molecule has 9 nitrogen and oxygen atoms in total. The van der Waals surface area contributed by atoms with Crippen molar-refractivity contribution < 1.29 is 41.6 Å². The number of rotatable bonds is 6. The second kappa shape index (κ2) is 5.85. The molecule has 1 heterocycles. The van der Waals surface area contributed by atoms with E-state index >= 15 is 0 Å². The maximum absolute atomic E-state index is 12.3. The smallest absolute Gasteiger partial charge is 0.330 e. The number of esters is 3. The summed E-state index contributed by atoms with van der Waals surface area (Å²) in [4.78, 5) is 35.8. The van der Waals surface area contributed by atoms with Gasteiger partial charge in [-0.3, -0.25) is 14.1 Å². The third-order valence-corrected chi connectivity index (χ3v) is 5.51. The Hall–Kier alpha value is -1.94. The number of ether oxygens (including phenoxy) is 3. The van der Waals surface area contributed by atoms with E-state index in [1.54, 1.807) is 0 Å². The van der Waals surface area contributed by atoms with Crippen LogP contribution in [0.15, 0.2) is 12.7 Å². The van der Waals surface area contributed by atoms with Gasteiger partial charge in [-0.2, -0.15) is 8.42 Å². The Morgan fingerprint density at radius 1 is 1.38 bits per heavy atom. The van der Waals surface area contributed by atoms with E-state index in [9.17, 15) is 22.8 Å². The van der Waals surface area contributed by atoms with E-state index in [4.69, 9.17) is 18.8 Å². The van der Waals surface area contributed by atoms with Gasteiger partial charge in [-0.05, 0) is 6.42 Å². The number of carbonyl (C=O) groups is 3. The van der Waals surface area contributed by atoms with E-state index in [1.165, 1.54) is 0 Å². The molecule has 2 saturated carbocycles. The minimum absolute atomic E-state index is 0.232. The van der Waals surface area contributed by atoms with Crippen molar-refractivity contribution in [3.05, 3.63) is 12.7 Å². The molecule has 2 bridgehead atoms. The maximum Gasteiger partial charge on any atom is 0.330 e. The molecule has 24 heavy (non-hydrogen) atoms. The van der Waals surface area contributed by atoms with Crippen LogP contribution in [0.1, 0.15) is 6.42 Å². The SMILES string of the molecule is C=CC(=O)OC1C2CC3C1OC(=O)C3C2C(=O)OCCS(=O)(=O)O. The van der Waals surface area contributed by atoms with Crippen LogP contribution in [0.4, 0.5) is 0 Å². The van der Waals surface area contributed by atoms with Crippen molar-refractivity contribution in [1.29, 1.82) is 0 Å². The molecule has 10 heteroatoms. The van der Waals surface area contributed by atoms with E-state index in [2.05, 4.69) is 6.58 Å². The predicted molar refractivity (Wildman–Crippen MR) is 75.9 cm³/mol. The van der Waals surface area contributed by atoms with Crippen LogP contribution in [0, 0.1) is 23.7 Å². The lowest BCUT2D eigenvalue weighted by atomic mass is 9.78. The summed E-state index contributed by atoms with van der Waals surface area (Å²) in [5.74, 6) is -4.89. The lowest BCUT2D eigenvalue weighted by molar-refractivity contribution is -0.161. The largest absolute Gasteiger partial charge is 0.464 e. The molecule has 6 unspecified atom stereocenters. The van der Waals surface area contributed by atoms with Gasteiger partial charge < -0.3 is 14.2 Å². The van der Waals surface area contributed by atoms with Crippen LogP contribution in [0.5, 0.6) is 0 Å². The van der Waals surface area contributed by atoms with E-state index < -0.39 is 70.3 Å². The molecule has 0 aromatic rings. The van der Waals surface area contributed by atoms with Crippen LogP contribution in [0.3, 0.4) is 0 Å². The Labute approximate surface area is 137 Å². The first-order valence-corrected chi connectivity index (χ1v) is 8.99. The van der Waals surface area contributed by atoms with Crippen LogP contribution in [0.2, 0.25) is 0 Å². The molecule has 3 aliphatic rings. The van der Waals surface area contributed by atoms with Crippen LogP contribution in [-0.2, 0) is 38.7 Å². The summed E-state index contributed by atoms with van der Waals surface area (Å²) in [6.07, 6.45) is 0.147. The minimum Gasteiger partial charge on any atom is -0.464 e. The fourth-order valence-corrected chi connectivity index (χ4v) is 4.29. The van der Waals surface area contributed by atoms with Crippen molar-refractivity contribution >= 4 is 28.0 Å². The Morgan fingerprint density at radius 2 is 2.08 bits per heavy atom. The summed E-state index contributed by atoms with van der Waals surface area (Å²) < 4.78 is 45.4. The van der Waals surface area contributed by atoms with Gasteiger partial charge in [0.05, 0.1) is 11.8 Å². The molecule has 0 amide bonds. The normalized spacial score (nSPS) is 36.3. The molecule has 0 radical (unpaired) electrons. The van der Waals surface area contributed by atoms with Gasteiger partial charge in [0.1, 0.15) is 24.6 Å². The minimum atomic E-state index is -4.25. The third kappa shape index (κ3) is 2.80. The number of hydrogen-bond acceptors (Lipinski definition) is 8. The highest BCUT2D eigenvalue weighted by Gasteiger charge is 2.70. The monoisotopic (exact) mass is 360 g/mol. The maximum atomic E-state index is 12.3. The summed E-state index contributed by atoms with van der Waals surface area (Å²) >= 11 is 0. The second-order valence-electron chi connectivity index (χ2n) is 6.08. The molecule has 0 spiro atoms. The van der Waals surface area contributed by atoms with Crippen LogP contribution in [0.25, 0.3) is 0 Å². The van der Waals surface area contributed by atoms with Gasteiger partial charge in [0, 0.05) is 17.9 Å². The van der Waals surface area contributed by atoms with Crippen molar-refractivity contribution in [1.82, 2.24) is 0 Å². The van der Waals surface area contributed by atoms with Crippen LogP contribution >= 0.6 is 0 Å². The molecule has 0 aromatic carbocycles. The van der Waals surface area contributed by atoms with Gasteiger partial charge in [-0.1, -0.05) is 6.58 Å². The van der Waals surface area contributed by atoms with Crippen molar-refractivity contribution in [3.8, 4) is 0 Å². The van der Waals surface area contributed by atoms with Gasteiger partial charge in [0.25, 0.3) is 10.1 Å². The van der Waals surface area contributed by atoms with Gasteiger partial charge >= 0.3 is 17.9 Å². The summed E-state index contributed by atoms with van der Waals surface area (Å²) in [6, 6.07) is 0. The topological polar surface area (TPSA) is 133 Å². The summed E-state index contributed by atoms with van der Waals surface area (Å²) in [6.45, 7) is 2.78. The Balaban J connectivity index is 1.73. The lowest BCUT2D eigenvalue weighted by Gasteiger charge is -2.29. The number of hydrogen-bond donors (Lipinski definition) is 1. The molecule has 0 aromatic heterocycles. The molecular formula is C14H16O9S. The van der Waals surface area contributed by atoms with Crippen molar-refractivity contribution in [2.24, 2.45) is 23.7 Å². The highest BCUT2D eigenvalue weighted by atomic mass is 32.2. The van der Waals surface area contributed by atoms with Gasteiger partial charge in [-0.25, -0.2) is 4.79 Å². The van der Waals surface area contributed by atoms with Crippen LogP contribution in [-0.4, -0.2) is 55.4 Å². The lowest BCUT2D eigenvalue weighted by Crippen LogP contribution is -2.43. The molecule has 132 valence electrons. The molecule has 1 N–H and O–H groups in total.